The molecule has 0 aromatic carbocycles. The van der Waals surface area contributed by atoms with Crippen molar-refractivity contribution in [1.82, 2.24) is 10.6 Å². The zero-order valence-electron chi connectivity index (χ0n) is 58.3. The minimum atomic E-state index is -5.61. The predicted molar refractivity (Wildman–Crippen MR) is 360 cm³/mol. The Hall–Kier alpha value is -2.26. The molecule has 0 aromatic heterocycles. The normalized spacial score (nSPS) is 23.0. The molecule has 2 saturated heterocycles. The van der Waals surface area contributed by atoms with Crippen LogP contribution in [0.3, 0.4) is 0 Å². The minimum Gasteiger partial charge on any atom is -0.457 e. The summed E-state index contributed by atoms with van der Waals surface area (Å²) in [6.45, 7) is 6.55. The smallest absolute Gasteiger partial charge is 0.457 e. The summed E-state index contributed by atoms with van der Waals surface area (Å²) in [7, 11) is -11.2. The van der Waals surface area contributed by atoms with E-state index in [0.717, 1.165) is 154 Å². The van der Waals surface area contributed by atoms with E-state index >= 15 is 0 Å². The highest BCUT2D eigenvalue weighted by atomic mass is 31.2. The van der Waals surface area contributed by atoms with Gasteiger partial charge in [0.2, 0.25) is 11.8 Å². The van der Waals surface area contributed by atoms with E-state index in [-0.39, 0.29) is 25.7 Å². The van der Waals surface area contributed by atoms with Gasteiger partial charge >= 0.3 is 27.6 Å². The van der Waals surface area contributed by atoms with Crippen LogP contribution in [0.2, 0.25) is 0 Å². The lowest BCUT2D eigenvalue weighted by Crippen LogP contribution is -2.68. The van der Waals surface area contributed by atoms with Crippen molar-refractivity contribution in [3.63, 3.8) is 0 Å². The van der Waals surface area contributed by atoms with Gasteiger partial charge in [0.1, 0.15) is 36.5 Å². The Morgan fingerprint density at radius 3 is 1.02 bits per heavy atom. The molecule has 2 aliphatic rings. The molecule has 12 N–H and O–H groups in total. The molecule has 14 atom stereocenters. The van der Waals surface area contributed by atoms with Gasteiger partial charge in [-0.05, 0) is 25.7 Å². The first-order valence-corrected chi connectivity index (χ1v) is 39.9. The number of ether oxygens (including phenoxy) is 5. The van der Waals surface area contributed by atoms with Crippen LogP contribution in [0.5, 0.6) is 0 Å². The van der Waals surface area contributed by atoms with E-state index in [9.17, 15) is 78.5 Å². The molecule has 25 nitrogen and oxygen atoms in total. The number of rotatable bonds is 60. The van der Waals surface area contributed by atoms with Gasteiger partial charge in [-0.15, -0.1) is 0 Å². The zero-order chi connectivity index (χ0) is 70.3. The number of unbranched alkanes of at least 4 members (excludes halogenated alkanes) is 32. The second-order valence-electron chi connectivity index (χ2n) is 26.7. The molecule has 0 saturated carbocycles. The predicted octanol–water partition coefficient (Wildman–Crippen LogP) is 10.9. The van der Waals surface area contributed by atoms with Crippen molar-refractivity contribution in [1.29, 1.82) is 0 Å². The molecule has 2 amide bonds. The van der Waals surface area contributed by atoms with Crippen LogP contribution >= 0.6 is 15.6 Å². The van der Waals surface area contributed by atoms with Gasteiger partial charge in [-0.1, -0.05) is 259 Å². The van der Waals surface area contributed by atoms with Crippen LogP contribution in [-0.2, 0) is 61.0 Å². The van der Waals surface area contributed by atoms with Crippen molar-refractivity contribution in [2.24, 2.45) is 0 Å². The largest absolute Gasteiger partial charge is 0.472 e. The van der Waals surface area contributed by atoms with E-state index in [1.165, 1.54) is 51.4 Å². The monoisotopic (exact) mass is 1400 g/mol. The van der Waals surface area contributed by atoms with Gasteiger partial charge < -0.3 is 84.5 Å². The van der Waals surface area contributed by atoms with Crippen molar-refractivity contribution in [3.8, 4) is 0 Å². The molecule has 0 aliphatic carbocycles. The molecule has 2 rings (SSSR count). The van der Waals surface area contributed by atoms with Gasteiger partial charge in [-0.3, -0.25) is 28.2 Å². The number of phosphoric ester groups is 2. The third kappa shape index (κ3) is 43.2. The van der Waals surface area contributed by atoms with Gasteiger partial charge in [0.15, 0.2) is 24.8 Å². The fourth-order valence-corrected chi connectivity index (χ4v) is 13.4. The third-order valence-corrected chi connectivity index (χ3v) is 18.8. The molecule has 0 bridgehead atoms. The highest BCUT2D eigenvalue weighted by Crippen LogP contribution is 2.44. The number of esters is 2. The van der Waals surface area contributed by atoms with Crippen LogP contribution in [-0.4, -0.2) is 173 Å². The Morgan fingerprint density at radius 1 is 0.400 bits per heavy atom. The highest BCUT2D eigenvalue weighted by Gasteiger charge is 2.55. The molecule has 560 valence electrons. The highest BCUT2D eigenvalue weighted by molar-refractivity contribution is 7.46. The number of amides is 2. The fraction of sp³-hybridized carbons (Fsp3) is 0.941. The number of carbonyl (C=O) groups excluding carboxylic acids is 4. The minimum absolute atomic E-state index is 0.196. The average Bonchev–Trinajstić information content (AvgIpc) is 0.787. The van der Waals surface area contributed by atoms with E-state index in [2.05, 4.69) is 38.3 Å². The number of nitrogens with one attached hydrogen (secondary N) is 2. The number of aliphatic hydroxyl groups is 6. The Bertz CT molecular complexity index is 2080. The number of hydrogen-bond donors (Lipinski definition) is 12. The second-order valence-corrected chi connectivity index (χ2v) is 29.1. The van der Waals surface area contributed by atoms with Crippen molar-refractivity contribution >= 4 is 39.4 Å². The Morgan fingerprint density at radius 2 is 0.695 bits per heavy atom. The van der Waals surface area contributed by atoms with E-state index in [1.807, 2.05) is 0 Å². The average molecular weight is 1410 g/mol. The quantitative estimate of drug-likeness (QED) is 0.0153. The van der Waals surface area contributed by atoms with Crippen LogP contribution in [0.25, 0.3) is 0 Å². The molecule has 10 unspecified atom stereocenters. The number of carbonyl (C=O) groups is 4. The third-order valence-electron chi connectivity index (χ3n) is 17.8. The van der Waals surface area contributed by atoms with Crippen molar-refractivity contribution < 1.29 is 111 Å². The lowest BCUT2D eigenvalue weighted by molar-refractivity contribution is -0.296. The summed E-state index contributed by atoms with van der Waals surface area (Å²) in [5, 5.41) is 72.2. The van der Waals surface area contributed by atoms with E-state index in [0.29, 0.717) is 25.7 Å². The molecule has 2 fully saturated rings. The maximum atomic E-state index is 14.1. The lowest BCUT2D eigenvalue weighted by atomic mass is 9.95. The summed E-state index contributed by atoms with van der Waals surface area (Å²) in [4.78, 5) is 96.5. The molecular weight excluding hydrogens is 1270 g/mol. The Balaban J connectivity index is 2.55. The molecule has 95 heavy (non-hydrogen) atoms. The first-order valence-electron chi connectivity index (χ1n) is 36.8. The van der Waals surface area contributed by atoms with Gasteiger partial charge in [-0.25, -0.2) is 9.13 Å². The summed E-state index contributed by atoms with van der Waals surface area (Å²) < 4.78 is 65.3. The second kappa shape index (κ2) is 53.6. The number of hydrogen-bond acceptors (Lipinski definition) is 19. The lowest BCUT2D eigenvalue weighted by Gasteiger charge is -2.47. The van der Waals surface area contributed by atoms with E-state index < -0.39 is 164 Å². The molecule has 27 heteroatoms. The SMILES string of the molecule is CCCCCCCCCCCC(O)CC(=O)N[C@@H]1C(OP(=O)(O)O)OC(CO[C@@H]2OC(CO)C(OP(=O)(O)O)C(OC(=O)CC(O)CCCCCCCCCCC)[C@@H]2NC(=O)CC(O)CCCCCCCCCCC)[C@@H](O)C1OC(=O)CC(O)CCCCCCCCCCC. The van der Waals surface area contributed by atoms with Gasteiger partial charge in [0, 0.05) is 0 Å². The van der Waals surface area contributed by atoms with Crippen LogP contribution in [0.1, 0.15) is 310 Å². The van der Waals surface area contributed by atoms with Crippen molar-refractivity contribution in [2.45, 2.75) is 396 Å². The van der Waals surface area contributed by atoms with Gasteiger partial charge in [0.05, 0.1) is 63.3 Å². The molecule has 2 aliphatic heterocycles. The van der Waals surface area contributed by atoms with Crippen molar-refractivity contribution in [2.75, 3.05) is 13.2 Å². The molecule has 0 radical (unpaired) electrons. The van der Waals surface area contributed by atoms with Crippen molar-refractivity contribution in [3.05, 3.63) is 0 Å². The molecular formula is C68H130N2O23P2. The first-order chi connectivity index (χ1) is 45.4. The van der Waals surface area contributed by atoms with Crippen LogP contribution in [0.4, 0.5) is 0 Å². The zero-order valence-corrected chi connectivity index (χ0v) is 60.1. The fourth-order valence-electron chi connectivity index (χ4n) is 12.4. The van der Waals surface area contributed by atoms with Crippen LogP contribution in [0, 0.1) is 0 Å². The van der Waals surface area contributed by atoms with E-state index in [1.54, 1.807) is 0 Å². The maximum absolute atomic E-state index is 14.1. The Labute approximate surface area is 568 Å². The topological polar surface area (TPSA) is 393 Å². The first kappa shape index (κ1) is 88.8. The number of phosphoric acid groups is 2. The summed E-state index contributed by atoms with van der Waals surface area (Å²) in [5.41, 5.74) is 0. The summed E-state index contributed by atoms with van der Waals surface area (Å²) in [6.07, 6.45) is 13.8. The summed E-state index contributed by atoms with van der Waals surface area (Å²) in [6, 6.07) is -3.75. The van der Waals surface area contributed by atoms with E-state index in [4.69, 9.17) is 32.7 Å². The maximum Gasteiger partial charge on any atom is 0.472 e. The van der Waals surface area contributed by atoms with Gasteiger partial charge in [0.25, 0.3) is 0 Å². The van der Waals surface area contributed by atoms with Crippen LogP contribution in [0.15, 0.2) is 0 Å². The summed E-state index contributed by atoms with van der Waals surface area (Å²) in [5.74, 6) is -4.01. The summed E-state index contributed by atoms with van der Waals surface area (Å²) >= 11 is 0. The molecule has 0 aromatic rings. The van der Waals surface area contributed by atoms with Crippen LogP contribution < -0.4 is 10.6 Å². The standard InChI is InChI=1S/C68H130N2O23P2/c1-5-9-13-17-21-25-29-33-37-41-51(72)45-57(76)69-61-65(90-59(78)47-53(74)43-39-35-31-27-23-19-15-11-7-3)63(80)56(89-68(61)93-95(84,85)86)50-87-67-62(70-58(77)46-52(73)42-38-34-30-26-22-18-14-10-6-2)66(64(55(49-71)88-67)92-94(81,82)83)91-60(79)48-54(75)44-40-36-32-28-24-20-16-12-8-4/h51-56,61-68,71-75,80H,5-50H2,1-4H3,(H,69,76)(H,70,77)(H2,81,82,83)(H2,84,85,86)/t51?,52?,53?,54?,55?,56?,61-,62-,63+,64?,65?,66?,67+,68?/m0/s1. The van der Waals surface area contributed by atoms with Gasteiger partial charge in [-0.2, -0.15) is 0 Å². The molecule has 2 heterocycles. The number of aliphatic hydroxyl groups excluding tert-OH is 6. The molecule has 0 spiro atoms. The Kier molecular flexibility index (Phi) is 50.1.